The van der Waals surface area contributed by atoms with E-state index >= 15 is 0 Å². The lowest BCUT2D eigenvalue weighted by molar-refractivity contribution is 0.592. The van der Waals surface area contributed by atoms with Crippen LogP contribution in [0.1, 0.15) is 18.4 Å². The van der Waals surface area contributed by atoms with Crippen LogP contribution in [0.15, 0.2) is 23.1 Å². The smallest absolute Gasteiger partial charge is 0.180 e. The van der Waals surface area contributed by atoms with E-state index in [0.717, 1.165) is 18.4 Å². The van der Waals surface area contributed by atoms with Crippen molar-refractivity contribution in [2.24, 2.45) is 5.92 Å². The van der Waals surface area contributed by atoms with Crippen molar-refractivity contribution in [3.05, 3.63) is 23.8 Å². The summed E-state index contributed by atoms with van der Waals surface area (Å²) in [6.45, 7) is 1.82. The molecule has 1 saturated carbocycles. The van der Waals surface area contributed by atoms with E-state index in [1.54, 1.807) is 12.1 Å². The molecule has 0 aromatic heterocycles. The molecule has 82 valence electrons. The fraction of sp³-hybridized carbons (Fsp3) is 0.455. The number of rotatable bonds is 3. The normalized spacial score (nSPS) is 16.6. The number of sulfone groups is 1. The molecule has 4 heteroatoms. The molecule has 1 aromatic carbocycles. The largest absolute Gasteiger partial charge is 0.397 e. The van der Waals surface area contributed by atoms with Gasteiger partial charge in [0.25, 0.3) is 0 Å². The molecule has 0 bridgehead atoms. The zero-order valence-corrected chi connectivity index (χ0v) is 9.55. The molecule has 1 aliphatic rings. The second-order valence-corrected chi connectivity index (χ2v) is 6.21. The van der Waals surface area contributed by atoms with E-state index in [2.05, 4.69) is 0 Å². The van der Waals surface area contributed by atoms with Crippen LogP contribution in [0, 0.1) is 12.8 Å². The van der Waals surface area contributed by atoms with Crippen LogP contribution in [0.3, 0.4) is 0 Å². The van der Waals surface area contributed by atoms with Crippen molar-refractivity contribution in [2.75, 3.05) is 11.5 Å². The highest BCUT2D eigenvalue weighted by Gasteiger charge is 2.30. The lowest BCUT2D eigenvalue weighted by Crippen LogP contribution is -2.11. The molecule has 1 fully saturated rings. The first-order valence-electron chi connectivity index (χ1n) is 5.08. The molecule has 0 spiro atoms. The van der Waals surface area contributed by atoms with Gasteiger partial charge in [0, 0.05) is 0 Å². The average Bonchev–Trinajstić information content (AvgIpc) is 2.92. The quantitative estimate of drug-likeness (QED) is 0.797. The molecule has 2 rings (SSSR count). The van der Waals surface area contributed by atoms with Crippen LogP contribution in [-0.2, 0) is 9.84 Å². The van der Waals surface area contributed by atoms with Crippen molar-refractivity contribution in [1.29, 1.82) is 0 Å². The maximum absolute atomic E-state index is 12.0. The number of anilines is 1. The highest BCUT2D eigenvalue weighted by molar-refractivity contribution is 7.91. The van der Waals surface area contributed by atoms with E-state index in [0.29, 0.717) is 16.5 Å². The van der Waals surface area contributed by atoms with Gasteiger partial charge >= 0.3 is 0 Å². The molecule has 0 unspecified atom stereocenters. The van der Waals surface area contributed by atoms with Gasteiger partial charge in [0.1, 0.15) is 0 Å². The van der Waals surface area contributed by atoms with E-state index in [-0.39, 0.29) is 5.75 Å². The van der Waals surface area contributed by atoms with Crippen molar-refractivity contribution < 1.29 is 8.42 Å². The molecule has 0 amide bonds. The molecule has 0 atom stereocenters. The Labute approximate surface area is 90.2 Å². The minimum absolute atomic E-state index is 0.251. The second kappa shape index (κ2) is 3.52. The van der Waals surface area contributed by atoms with Crippen molar-refractivity contribution in [3.8, 4) is 0 Å². The fourth-order valence-corrected chi connectivity index (χ4v) is 3.52. The Kier molecular flexibility index (Phi) is 2.46. The summed E-state index contributed by atoms with van der Waals surface area (Å²) in [6, 6.07) is 5.16. The summed E-state index contributed by atoms with van der Waals surface area (Å²) in [5, 5.41) is 0. The van der Waals surface area contributed by atoms with Gasteiger partial charge < -0.3 is 5.73 Å². The average molecular weight is 225 g/mol. The maximum Gasteiger partial charge on any atom is 0.180 e. The third kappa shape index (κ3) is 2.15. The predicted molar refractivity (Wildman–Crippen MR) is 60.4 cm³/mol. The van der Waals surface area contributed by atoms with E-state index < -0.39 is 9.84 Å². The third-order valence-corrected chi connectivity index (χ3v) is 4.71. The van der Waals surface area contributed by atoms with Gasteiger partial charge in [0.15, 0.2) is 9.84 Å². The lowest BCUT2D eigenvalue weighted by Gasteiger charge is -2.08. The summed E-state index contributed by atoms with van der Waals surface area (Å²) in [4.78, 5) is 0.300. The zero-order chi connectivity index (χ0) is 11.1. The number of nitrogen functional groups attached to an aromatic ring is 1. The summed E-state index contributed by atoms with van der Waals surface area (Å²) in [7, 11) is -3.18. The van der Waals surface area contributed by atoms with Gasteiger partial charge in [-0.3, -0.25) is 0 Å². The van der Waals surface area contributed by atoms with Crippen molar-refractivity contribution in [2.45, 2.75) is 24.7 Å². The summed E-state index contributed by atoms with van der Waals surface area (Å²) in [6.07, 6.45) is 2.07. The molecule has 0 heterocycles. The topological polar surface area (TPSA) is 60.2 Å². The van der Waals surface area contributed by atoms with Crippen LogP contribution in [0.4, 0.5) is 5.69 Å². The molecule has 15 heavy (non-hydrogen) atoms. The molecule has 2 N–H and O–H groups in total. The molecule has 0 saturated heterocycles. The van der Waals surface area contributed by atoms with E-state index in [4.69, 9.17) is 5.73 Å². The van der Waals surface area contributed by atoms with Crippen LogP contribution >= 0.6 is 0 Å². The van der Waals surface area contributed by atoms with Crippen molar-refractivity contribution in [3.63, 3.8) is 0 Å². The maximum atomic E-state index is 12.0. The molecule has 0 radical (unpaired) electrons. The monoisotopic (exact) mass is 225 g/mol. The number of aryl methyl sites for hydroxylation is 1. The minimum Gasteiger partial charge on any atom is -0.397 e. The number of hydrogen-bond donors (Lipinski definition) is 1. The van der Waals surface area contributed by atoms with Crippen LogP contribution in [0.2, 0.25) is 0 Å². The van der Waals surface area contributed by atoms with E-state index in [9.17, 15) is 8.42 Å². The predicted octanol–water partition coefficient (Wildman–Crippen LogP) is 1.76. The van der Waals surface area contributed by atoms with Gasteiger partial charge in [-0.1, -0.05) is 12.1 Å². The van der Waals surface area contributed by atoms with Gasteiger partial charge in [-0.2, -0.15) is 0 Å². The Morgan fingerprint density at radius 1 is 1.40 bits per heavy atom. The molecular formula is C11H15NO2S. The van der Waals surface area contributed by atoms with Crippen molar-refractivity contribution in [1.82, 2.24) is 0 Å². The third-order valence-electron chi connectivity index (χ3n) is 2.77. The molecule has 0 aliphatic heterocycles. The summed E-state index contributed by atoms with van der Waals surface area (Å²) in [5.74, 6) is 0.607. The van der Waals surface area contributed by atoms with E-state index in [1.165, 1.54) is 0 Å². The van der Waals surface area contributed by atoms with E-state index in [1.807, 2.05) is 13.0 Å². The molecule has 1 aliphatic carbocycles. The SMILES string of the molecule is Cc1cccc(S(=O)(=O)CC2CC2)c1N. The number of benzene rings is 1. The lowest BCUT2D eigenvalue weighted by atomic mass is 10.2. The van der Waals surface area contributed by atoms with Crippen LogP contribution in [0.25, 0.3) is 0 Å². The number of nitrogens with two attached hydrogens (primary N) is 1. The van der Waals surface area contributed by atoms with Gasteiger partial charge in [-0.05, 0) is 37.3 Å². The Balaban J connectivity index is 2.39. The number of para-hydroxylation sites is 1. The summed E-state index contributed by atoms with van der Waals surface area (Å²) < 4.78 is 24.0. The number of hydrogen-bond acceptors (Lipinski definition) is 3. The Hall–Kier alpha value is -1.03. The highest BCUT2D eigenvalue weighted by atomic mass is 32.2. The Bertz CT molecular complexity index is 475. The van der Waals surface area contributed by atoms with Gasteiger partial charge in [0.05, 0.1) is 16.3 Å². The minimum atomic E-state index is -3.18. The Morgan fingerprint density at radius 3 is 2.67 bits per heavy atom. The first-order valence-corrected chi connectivity index (χ1v) is 6.74. The Morgan fingerprint density at radius 2 is 2.07 bits per heavy atom. The first kappa shape index (κ1) is 10.5. The van der Waals surface area contributed by atoms with Crippen LogP contribution in [0.5, 0.6) is 0 Å². The standard InChI is InChI=1S/C11H15NO2S/c1-8-3-2-4-10(11(8)12)15(13,14)7-9-5-6-9/h2-4,9H,5-7,12H2,1H3. The summed E-state index contributed by atoms with van der Waals surface area (Å²) in [5.41, 5.74) is 7.01. The summed E-state index contributed by atoms with van der Waals surface area (Å²) >= 11 is 0. The van der Waals surface area contributed by atoms with Gasteiger partial charge in [0.2, 0.25) is 0 Å². The fourth-order valence-electron chi connectivity index (χ4n) is 1.61. The van der Waals surface area contributed by atoms with Crippen molar-refractivity contribution >= 4 is 15.5 Å². The van der Waals surface area contributed by atoms with Crippen LogP contribution in [-0.4, -0.2) is 14.2 Å². The highest BCUT2D eigenvalue weighted by Crippen LogP contribution is 2.33. The van der Waals surface area contributed by atoms with Gasteiger partial charge in [-0.25, -0.2) is 8.42 Å². The van der Waals surface area contributed by atoms with Gasteiger partial charge in [-0.15, -0.1) is 0 Å². The zero-order valence-electron chi connectivity index (χ0n) is 8.73. The molecular weight excluding hydrogens is 210 g/mol. The molecule has 3 nitrogen and oxygen atoms in total. The van der Waals surface area contributed by atoms with Crippen LogP contribution < -0.4 is 5.73 Å². The molecule has 1 aromatic rings. The first-order chi connectivity index (χ1) is 7.00. The second-order valence-electron chi connectivity index (χ2n) is 4.21.